The van der Waals surface area contributed by atoms with Crippen molar-refractivity contribution in [3.05, 3.63) is 10.9 Å². The number of thiophene rings is 1. The van der Waals surface area contributed by atoms with Gasteiger partial charge >= 0.3 is 0 Å². The van der Waals surface area contributed by atoms with Crippen LogP contribution in [0.25, 0.3) is 10.2 Å². The summed E-state index contributed by atoms with van der Waals surface area (Å²) in [6.07, 6.45) is 1.03. The number of aliphatic hydroxyl groups excluding tert-OH is 1. The van der Waals surface area contributed by atoms with Gasteiger partial charge in [-0.3, -0.25) is 0 Å². The minimum atomic E-state index is 0.0482. The molecule has 116 valence electrons. The summed E-state index contributed by atoms with van der Waals surface area (Å²) in [5.74, 6) is 1.49. The lowest BCUT2D eigenvalue weighted by molar-refractivity contribution is 0.0992. The highest BCUT2D eigenvalue weighted by molar-refractivity contribution is 7.18. The number of fused-ring (bicyclic) bond motifs is 1. The average Bonchev–Trinajstić information content (AvgIpc) is 2.85. The molecule has 0 radical (unpaired) electrons. The maximum absolute atomic E-state index is 8.67. The van der Waals surface area contributed by atoms with Crippen LogP contribution >= 0.6 is 11.3 Å². The van der Waals surface area contributed by atoms with E-state index >= 15 is 0 Å². The van der Waals surface area contributed by atoms with E-state index in [4.69, 9.17) is 9.84 Å². The monoisotopic (exact) mass is 310 g/mol. The summed E-state index contributed by atoms with van der Waals surface area (Å²) >= 11 is 1.67. The zero-order chi connectivity index (χ0) is 15.1. The lowest BCUT2D eigenvalue weighted by Crippen LogP contribution is -2.13. The number of aromatic nitrogens is 2. The quantitative estimate of drug-likeness (QED) is 0.617. The van der Waals surface area contributed by atoms with Gasteiger partial charge in [-0.25, -0.2) is 4.98 Å². The van der Waals surface area contributed by atoms with E-state index < -0.39 is 0 Å². The number of hydrogen-bond acceptors (Lipinski definition) is 7. The Morgan fingerprint density at radius 1 is 1.24 bits per heavy atom. The molecule has 0 aliphatic carbocycles. The summed E-state index contributed by atoms with van der Waals surface area (Å²) < 4.78 is 5.25. The van der Waals surface area contributed by atoms with Crippen molar-refractivity contribution >= 4 is 33.3 Å². The average molecular weight is 310 g/mol. The normalized spacial score (nSPS) is 11.0. The first kappa shape index (κ1) is 15.9. The van der Waals surface area contributed by atoms with Crippen molar-refractivity contribution in [1.82, 2.24) is 9.97 Å². The lowest BCUT2D eigenvalue weighted by Gasteiger charge is -2.09. The van der Waals surface area contributed by atoms with Crippen LogP contribution in [-0.2, 0) is 4.74 Å². The third-order valence-corrected chi connectivity index (χ3v) is 3.77. The summed E-state index contributed by atoms with van der Waals surface area (Å²) in [5, 5.41) is 16.2. The number of anilines is 2. The third kappa shape index (κ3) is 4.52. The molecule has 0 spiro atoms. The summed E-state index contributed by atoms with van der Waals surface area (Å²) in [6, 6.07) is 2.10. The Balaban J connectivity index is 2.10. The van der Waals surface area contributed by atoms with Crippen molar-refractivity contribution in [2.75, 3.05) is 43.5 Å². The Morgan fingerprint density at radius 3 is 2.86 bits per heavy atom. The number of hydrogen-bond donors (Lipinski definition) is 3. The molecule has 21 heavy (non-hydrogen) atoms. The first-order valence-corrected chi connectivity index (χ1v) is 8.00. The Morgan fingerprint density at radius 2 is 2.10 bits per heavy atom. The van der Waals surface area contributed by atoms with Crippen molar-refractivity contribution in [3.63, 3.8) is 0 Å². The summed E-state index contributed by atoms with van der Waals surface area (Å²) in [5.41, 5.74) is 0. The molecule has 0 aliphatic heterocycles. The van der Waals surface area contributed by atoms with E-state index in [1.54, 1.807) is 11.3 Å². The third-order valence-electron chi connectivity index (χ3n) is 2.82. The second-order valence-electron chi connectivity index (χ2n) is 4.66. The Kier molecular flexibility index (Phi) is 6.16. The molecular weight excluding hydrogens is 288 g/mol. The van der Waals surface area contributed by atoms with E-state index in [1.807, 2.05) is 0 Å². The van der Waals surface area contributed by atoms with E-state index in [1.165, 1.54) is 4.88 Å². The van der Waals surface area contributed by atoms with E-state index in [-0.39, 0.29) is 6.61 Å². The van der Waals surface area contributed by atoms with Crippen LogP contribution in [0.5, 0.6) is 0 Å². The number of aryl methyl sites for hydroxylation is 1. The van der Waals surface area contributed by atoms with Crippen LogP contribution in [-0.4, -0.2) is 48.0 Å². The molecule has 0 amide bonds. The van der Waals surface area contributed by atoms with Gasteiger partial charge in [0.25, 0.3) is 0 Å². The number of aliphatic hydroxyl groups is 1. The zero-order valence-electron chi connectivity index (χ0n) is 12.5. The molecule has 2 rings (SSSR count). The molecule has 0 saturated heterocycles. The first-order chi connectivity index (χ1) is 10.2. The van der Waals surface area contributed by atoms with Gasteiger partial charge in [-0.2, -0.15) is 4.98 Å². The maximum Gasteiger partial charge on any atom is 0.226 e. The zero-order valence-corrected chi connectivity index (χ0v) is 13.3. The molecule has 0 fully saturated rings. The predicted octanol–water partition coefficient (Wildman–Crippen LogP) is 2.24. The SMILES string of the molecule is CCCNc1nc(NCCOCCO)c2cc(C)sc2n1. The van der Waals surface area contributed by atoms with Crippen LogP contribution in [0.3, 0.4) is 0 Å². The summed E-state index contributed by atoms with van der Waals surface area (Å²) in [7, 11) is 0. The highest BCUT2D eigenvalue weighted by Gasteiger charge is 2.10. The second kappa shape index (κ2) is 8.11. The highest BCUT2D eigenvalue weighted by Crippen LogP contribution is 2.29. The lowest BCUT2D eigenvalue weighted by atomic mass is 10.3. The van der Waals surface area contributed by atoms with Crippen LogP contribution in [0, 0.1) is 6.92 Å². The molecule has 3 N–H and O–H groups in total. The number of rotatable bonds is 9. The molecule has 2 aromatic rings. The number of nitrogens with zero attached hydrogens (tertiary/aromatic N) is 2. The van der Waals surface area contributed by atoms with Gasteiger partial charge in [0, 0.05) is 18.0 Å². The van der Waals surface area contributed by atoms with Crippen LogP contribution in [0.2, 0.25) is 0 Å². The largest absolute Gasteiger partial charge is 0.394 e. The van der Waals surface area contributed by atoms with Crippen molar-refractivity contribution < 1.29 is 9.84 Å². The van der Waals surface area contributed by atoms with Crippen LogP contribution < -0.4 is 10.6 Å². The van der Waals surface area contributed by atoms with E-state index in [0.29, 0.717) is 25.7 Å². The van der Waals surface area contributed by atoms with Gasteiger partial charge in [-0.1, -0.05) is 6.92 Å². The first-order valence-electron chi connectivity index (χ1n) is 7.19. The van der Waals surface area contributed by atoms with Gasteiger partial charge in [0.1, 0.15) is 10.6 Å². The summed E-state index contributed by atoms with van der Waals surface area (Å²) in [6.45, 7) is 6.63. The molecule has 7 heteroatoms. The molecule has 0 unspecified atom stereocenters. The van der Waals surface area contributed by atoms with Gasteiger partial charge < -0.3 is 20.5 Å². The van der Waals surface area contributed by atoms with Gasteiger partial charge in [0.05, 0.1) is 25.2 Å². The topological polar surface area (TPSA) is 79.3 Å². The summed E-state index contributed by atoms with van der Waals surface area (Å²) in [4.78, 5) is 11.3. The van der Waals surface area contributed by atoms with Gasteiger partial charge in [-0.15, -0.1) is 11.3 Å². The fourth-order valence-electron chi connectivity index (χ4n) is 1.90. The van der Waals surface area contributed by atoms with Gasteiger partial charge in [-0.05, 0) is 19.4 Å². The molecule has 0 saturated carbocycles. The Hall–Kier alpha value is -1.44. The van der Waals surface area contributed by atoms with E-state index in [0.717, 1.165) is 29.0 Å². The predicted molar refractivity (Wildman–Crippen MR) is 87.3 cm³/mol. The van der Waals surface area contributed by atoms with Crippen molar-refractivity contribution in [3.8, 4) is 0 Å². The van der Waals surface area contributed by atoms with Crippen molar-refractivity contribution in [2.24, 2.45) is 0 Å². The molecule has 0 aliphatic rings. The Labute approximate surface area is 128 Å². The highest BCUT2D eigenvalue weighted by atomic mass is 32.1. The smallest absolute Gasteiger partial charge is 0.226 e. The molecule has 2 heterocycles. The number of ether oxygens (including phenoxy) is 1. The minimum absolute atomic E-state index is 0.0482. The molecular formula is C14H22N4O2S. The van der Waals surface area contributed by atoms with Gasteiger partial charge in [0.2, 0.25) is 5.95 Å². The van der Waals surface area contributed by atoms with Crippen LogP contribution in [0.15, 0.2) is 6.07 Å². The molecule has 2 aromatic heterocycles. The van der Waals surface area contributed by atoms with E-state index in [9.17, 15) is 0 Å². The van der Waals surface area contributed by atoms with Crippen LogP contribution in [0.1, 0.15) is 18.2 Å². The minimum Gasteiger partial charge on any atom is -0.394 e. The Bertz CT molecular complexity index is 573. The standard InChI is InChI=1S/C14H22N4O2S/c1-3-4-16-14-17-12(15-5-7-20-8-6-19)11-9-10(2)21-13(11)18-14/h9,19H,3-8H2,1-2H3,(H2,15,16,17,18). The van der Waals surface area contributed by atoms with Gasteiger partial charge in [0.15, 0.2) is 0 Å². The second-order valence-corrected chi connectivity index (χ2v) is 5.90. The van der Waals surface area contributed by atoms with Crippen molar-refractivity contribution in [2.45, 2.75) is 20.3 Å². The van der Waals surface area contributed by atoms with E-state index in [2.05, 4.69) is 40.5 Å². The number of nitrogens with one attached hydrogen (secondary N) is 2. The fourth-order valence-corrected chi connectivity index (χ4v) is 2.78. The molecule has 6 nitrogen and oxygen atoms in total. The fraction of sp³-hybridized carbons (Fsp3) is 0.571. The molecule has 0 aromatic carbocycles. The van der Waals surface area contributed by atoms with Crippen LogP contribution in [0.4, 0.5) is 11.8 Å². The van der Waals surface area contributed by atoms with Crippen molar-refractivity contribution in [1.29, 1.82) is 0 Å². The molecule has 0 bridgehead atoms. The molecule has 0 atom stereocenters. The maximum atomic E-state index is 8.67.